The number of hydrogen-bond acceptors (Lipinski definition) is 2. The quantitative estimate of drug-likeness (QED) is 0.728. The summed E-state index contributed by atoms with van der Waals surface area (Å²) >= 11 is 0. The molecule has 2 atom stereocenters. The highest BCUT2D eigenvalue weighted by atomic mass is 15.2. The van der Waals surface area contributed by atoms with Gasteiger partial charge in [0.2, 0.25) is 0 Å². The highest BCUT2D eigenvalue weighted by molar-refractivity contribution is 6.06. The molecule has 2 unspecified atom stereocenters. The van der Waals surface area contributed by atoms with E-state index in [2.05, 4.69) is 48.3 Å². The monoisotopic (exact) mass is 282 g/mol. The van der Waals surface area contributed by atoms with Gasteiger partial charge in [-0.15, -0.1) is 0 Å². The van der Waals surface area contributed by atoms with Crippen molar-refractivity contribution in [3.05, 3.63) is 35.4 Å². The predicted molar refractivity (Wildman–Crippen MR) is 90.1 cm³/mol. The van der Waals surface area contributed by atoms with Gasteiger partial charge in [-0.1, -0.05) is 56.9 Å². The first kappa shape index (κ1) is 14.5. The van der Waals surface area contributed by atoms with E-state index in [0.717, 1.165) is 6.42 Å². The Hall–Kier alpha value is -1.44. The molecule has 1 aromatic carbocycles. The lowest BCUT2D eigenvalue weighted by Crippen LogP contribution is -2.33. The number of fused-ring (bicyclic) bond motifs is 1. The molecule has 0 bridgehead atoms. The molecular formula is C19H26N2. The Morgan fingerprint density at radius 3 is 2.24 bits per heavy atom. The van der Waals surface area contributed by atoms with E-state index in [1.54, 1.807) is 0 Å². The van der Waals surface area contributed by atoms with Crippen molar-refractivity contribution in [3.63, 3.8) is 0 Å². The summed E-state index contributed by atoms with van der Waals surface area (Å²) in [5.41, 5.74) is 5.15. The fourth-order valence-corrected chi connectivity index (χ4v) is 3.78. The lowest BCUT2D eigenvalue weighted by Gasteiger charge is -2.32. The second kappa shape index (κ2) is 6.55. The molecule has 0 spiro atoms. The Bertz CT molecular complexity index is 539. The van der Waals surface area contributed by atoms with Crippen LogP contribution in [0.15, 0.2) is 34.5 Å². The summed E-state index contributed by atoms with van der Waals surface area (Å²) in [6, 6.07) is 8.95. The zero-order valence-corrected chi connectivity index (χ0v) is 13.3. The molecule has 112 valence electrons. The first-order valence-corrected chi connectivity index (χ1v) is 8.51. The van der Waals surface area contributed by atoms with Gasteiger partial charge < -0.3 is 0 Å². The first-order valence-electron chi connectivity index (χ1n) is 8.51. The third kappa shape index (κ3) is 3.09. The highest BCUT2D eigenvalue weighted by Gasteiger charge is 2.32. The zero-order chi connectivity index (χ0) is 14.7. The van der Waals surface area contributed by atoms with Crippen molar-refractivity contribution in [2.45, 2.75) is 58.8 Å². The fourth-order valence-electron chi connectivity index (χ4n) is 3.78. The van der Waals surface area contributed by atoms with Gasteiger partial charge in [0.1, 0.15) is 0 Å². The molecular weight excluding hydrogens is 256 g/mol. The van der Waals surface area contributed by atoms with Crippen molar-refractivity contribution in [2.24, 2.45) is 22.0 Å². The van der Waals surface area contributed by atoms with Crippen LogP contribution in [-0.4, -0.2) is 11.4 Å². The second-order valence-electron chi connectivity index (χ2n) is 6.48. The van der Waals surface area contributed by atoms with Gasteiger partial charge in [0.05, 0.1) is 5.71 Å². The maximum Gasteiger partial charge on any atom is 0.0740 e. The molecule has 2 heteroatoms. The van der Waals surface area contributed by atoms with Crippen LogP contribution >= 0.6 is 0 Å². The number of aryl methyl sites for hydroxylation is 1. The summed E-state index contributed by atoms with van der Waals surface area (Å²) in [6.07, 6.45) is 9.08. The molecule has 1 heterocycles. The van der Waals surface area contributed by atoms with Crippen molar-refractivity contribution >= 4 is 11.4 Å². The van der Waals surface area contributed by atoms with Crippen LogP contribution in [-0.2, 0) is 6.42 Å². The smallest absolute Gasteiger partial charge is 0.0740 e. The van der Waals surface area contributed by atoms with E-state index in [1.807, 2.05) is 0 Å². The number of nitrogens with zero attached hydrogens (tertiary/aromatic N) is 2. The van der Waals surface area contributed by atoms with Gasteiger partial charge in [-0.25, -0.2) is 0 Å². The highest BCUT2D eigenvalue weighted by Crippen LogP contribution is 2.34. The van der Waals surface area contributed by atoms with Gasteiger partial charge in [0.25, 0.3) is 0 Å². The Morgan fingerprint density at radius 2 is 1.57 bits per heavy atom. The van der Waals surface area contributed by atoms with E-state index in [4.69, 9.17) is 0 Å². The standard InChI is InChI=1S/C19H26N2/c1-3-15-10-12-16(13-11-15)19-18-9-7-5-4-6-8-17(18)14(2)20-21-19/h10-13,17-18H,3-9H2,1-2H3. The molecule has 0 aromatic heterocycles. The second-order valence-corrected chi connectivity index (χ2v) is 6.48. The van der Waals surface area contributed by atoms with E-state index in [9.17, 15) is 0 Å². The molecule has 1 aromatic rings. The third-order valence-corrected chi connectivity index (χ3v) is 5.13. The molecule has 1 fully saturated rings. The third-order valence-electron chi connectivity index (χ3n) is 5.13. The maximum atomic E-state index is 4.60. The average molecular weight is 282 g/mol. The number of rotatable bonds is 2. The van der Waals surface area contributed by atoms with Crippen molar-refractivity contribution in [2.75, 3.05) is 0 Å². The summed E-state index contributed by atoms with van der Waals surface area (Å²) in [5.74, 6) is 1.19. The van der Waals surface area contributed by atoms with E-state index in [0.29, 0.717) is 11.8 Å². The normalized spacial score (nSPS) is 26.2. The van der Waals surface area contributed by atoms with Crippen LogP contribution < -0.4 is 0 Å². The SMILES string of the molecule is CCc1ccc(C2=NN=C(C)C3CCCCCCC23)cc1. The van der Waals surface area contributed by atoms with Crippen LogP contribution in [0.25, 0.3) is 0 Å². The molecule has 1 aliphatic carbocycles. The molecule has 0 radical (unpaired) electrons. The van der Waals surface area contributed by atoms with Crippen molar-refractivity contribution in [3.8, 4) is 0 Å². The van der Waals surface area contributed by atoms with Crippen molar-refractivity contribution in [1.82, 2.24) is 0 Å². The lowest BCUT2D eigenvalue weighted by atomic mass is 9.74. The van der Waals surface area contributed by atoms with Crippen LogP contribution in [0, 0.1) is 11.8 Å². The minimum Gasteiger partial charge on any atom is -0.160 e. The number of benzene rings is 1. The fraction of sp³-hybridized carbons (Fsp3) is 0.579. The summed E-state index contributed by atoms with van der Waals surface area (Å²) < 4.78 is 0. The van der Waals surface area contributed by atoms with Gasteiger partial charge >= 0.3 is 0 Å². The summed E-state index contributed by atoms with van der Waals surface area (Å²) in [7, 11) is 0. The van der Waals surface area contributed by atoms with Crippen molar-refractivity contribution < 1.29 is 0 Å². The van der Waals surface area contributed by atoms with Crippen LogP contribution in [0.1, 0.15) is 63.5 Å². The summed E-state index contributed by atoms with van der Waals surface area (Å²) in [6.45, 7) is 4.37. The largest absolute Gasteiger partial charge is 0.160 e. The molecule has 21 heavy (non-hydrogen) atoms. The minimum atomic E-state index is 0.579. The van der Waals surface area contributed by atoms with Crippen molar-refractivity contribution in [1.29, 1.82) is 0 Å². The van der Waals surface area contributed by atoms with Gasteiger partial charge in [0, 0.05) is 17.5 Å². The van der Waals surface area contributed by atoms with Gasteiger partial charge in [-0.05, 0) is 37.3 Å². The topological polar surface area (TPSA) is 24.7 Å². The maximum absolute atomic E-state index is 4.60. The van der Waals surface area contributed by atoms with E-state index in [1.165, 1.54) is 61.1 Å². The number of hydrogen-bond donors (Lipinski definition) is 0. The molecule has 2 nitrogen and oxygen atoms in total. The van der Waals surface area contributed by atoms with Gasteiger partial charge in [-0.2, -0.15) is 10.2 Å². The molecule has 0 amide bonds. The van der Waals surface area contributed by atoms with Gasteiger partial charge in [0.15, 0.2) is 0 Å². The molecule has 0 saturated heterocycles. The predicted octanol–water partition coefficient (Wildman–Crippen LogP) is 5.01. The van der Waals surface area contributed by atoms with Gasteiger partial charge in [-0.3, -0.25) is 0 Å². The van der Waals surface area contributed by atoms with E-state index in [-0.39, 0.29) is 0 Å². The summed E-state index contributed by atoms with van der Waals surface area (Å²) in [4.78, 5) is 0. The zero-order valence-electron chi connectivity index (χ0n) is 13.3. The van der Waals surface area contributed by atoms with Crippen LogP contribution in [0.4, 0.5) is 0 Å². The first-order chi connectivity index (χ1) is 10.3. The molecule has 2 aliphatic rings. The molecule has 1 saturated carbocycles. The van der Waals surface area contributed by atoms with Crippen LogP contribution in [0.5, 0.6) is 0 Å². The van der Waals surface area contributed by atoms with E-state index >= 15 is 0 Å². The average Bonchev–Trinajstić information content (AvgIpc) is 2.49. The van der Waals surface area contributed by atoms with Crippen LogP contribution in [0.3, 0.4) is 0 Å². The Morgan fingerprint density at radius 1 is 0.905 bits per heavy atom. The molecule has 3 rings (SSSR count). The van der Waals surface area contributed by atoms with E-state index < -0.39 is 0 Å². The lowest BCUT2D eigenvalue weighted by molar-refractivity contribution is 0.390. The minimum absolute atomic E-state index is 0.579. The molecule has 0 N–H and O–H groups in total. The summed E-state index contributed by atoms with van der Waals surface area (Å²) in [5, 5.41) is 9.09. The molecule has 1 aliphatic heterocycles. The Balaban J connectivity index is 1.91. The Labute approximate surface area is 128 Å². The van der Waals surface area contributed by atoms with Crippen LogP contribution in [0.2, 0.25) is 0 Å². The Kier molecular flexibility index (Phi) is 4.52.